The van der Waals surface area contributed by atoms with Crippen molar-refractivity contribution in [3.63, 3.8) is 0 Å². The second kappa shape index (κ2) is 8.09. The van der Waals surface area contributed by atoms with Gasteiger partial charge in [0.25, 0.3) is 11.8 Å². The van der Waals surface area contributed by atoms with Crippen LogP contribution in [0, 0.1) is 0 Å². The number of amides is 2. The maximum absolute atomic E-state index is 12.4. The van der Waals surface area contributed by atoms with Gasteiger partial charge in [-0.25, -0.2) is 5.48 Å². The lowest BCUT2D eigenvalue weighted by Crippen LogP contribution is -2.22. The highest BCUT2D eigenvalue weighted by Crippen LogP contribution is 2.21. The van der Waals surface area contributed by atoms with Crippen LogP contribution < -0.4 is 10.8 Å². The molecule has 0 unspecified atom stereocenters. The number of hydrogen-bond donors (Lipinski definition) is 3. The molecule has 3 aromatic carbocycles. The van der Waals surface area contributed by atoms with Crippen LogP contribution in [0.1, 0.15) is 26.3 Å². The summed E-state index contributed by atoms with van der Waals surface area (Å²) in [5.74, 6) is -0.711. The Balaban J connectivity index is 1.73. The first-order valence-corrected chi connectivity index (χ1v) is 8.14. The predicted octanol–water partition coefficient (Wildman–Crippen LogP) is 3.40. The van der Waals surface area contributed by atoms with Crippen LogP contribution in [0.2, 0.25) is 0 Å². The molecule has 0 aliphatic rings. The van der Waals surface area contributed by atoms with E-state index in [-0.39, 0.29) is 5.91 Å². The zero-order valence-corrected chi connectivity index (χ0v) is 14.0. The fourth-order valence-corrected chi connectivity index (χ4v) is 2.60. The lowest BCUT2D eigenvalue weighted by Gasteiger charge is -2.08. The van der Waals surface area contributed by atoms with Crippen LogP contribution in [0.15, 0.2) is 78.9 Å². The van der Waals surface area contributed by atoms with E-state index >= 15 is 0 Å². The van der Waals surface area contributed by atoms with E-state index in [9.17, 15) is 9.59 Å². The van der Waals surface area contributed by atoms with Crippen molar-refractivity contribution in [2.45, 2.75) is 6.54 Å². The highest BCUT2D eigenvalue weighted by Gasteiger charge is 2.08. The molecule has 0 saturated heterocycles. The van der Waals surface area contributed by atoms with E-state index in [1.807, 2.05) is 42.5 Å². The van der Waals surface area contributed by atoms with Crippen LogP contribution in [0.5, 0.6) is 0 Å². The minimum absolute atomic E-state index is 0.146. The molecular formula is C21H18N2O3. The SMILES string of the molecule is O=C(NO)c1ccc(-c2cccc(C(=O)NCc3ccccc3)c2)cc1. The molecule has 0 heterocycles. The number of carbonyl (C=O) groups is 2. The highest BCUT2D eigenvalue weighted by molar-refractivity contribution is 5.96. The first kappa shape index (κ1) is 17.4. The third-order valence-electron chi connectivity index (χ3n) is 4.00. The van der Waals surface area contributed by atoms with Gasteiger partial charge in [0.15, 0.2) is 0 Å². The van der Waals surface area contributed by atoms with E-state index in [1.165, 1.54) is 0 Å². The van der Waals surface area contributed by atoms with Crippen molar-refractivity contribution in [3.8, 4) is 11.1 Å². The highest BCUT2D eigenvalue weighted by atomic mass is 16.5. The van der Waals surface area contributed by atoms with E-state index in [0.29, 0.717) is 17.7 Å². The maximum atomic E-state index is 12.4. The van der Waals surface area contributed by atoms with E-state index in [4.69, 9.17) is 5.21 Å². The summed E-state index contributed by atoms with van der Waals surface area (Å²) < 4.78 is 0. The Morgan fingerprint density at radius 3 is 2.15 bits per heavy atom. The van der Waals surface area contributed by atoms with Crippen molar-refractivity contribution >= 4 is 11.8 Å². The molecule has 0 saturated carbocycles. The van der Waals surface area contributed by atoms with E-state index in [1.54, 1.807) is 41.9 Å². The van der Waals surface area contributed by atoms with Crippen molar-refractivity contribution in [2.75, 3.05) is 0 Å². The number of benzene rings is 3. The van der Waals surface area contributed by atoms with E-state index in [2.05, 4.69) is 5.32 Å². The van der Waals surface area contributed by atoms with Gasteiger partial charge in [0.05, 0.1) is 0 Å². The third kappa shape index (κ3) is 4.15. The smallest absolute Gasteiger partial charge is 0.274 e. The molecular weight excluding hydrogens is 328 g/mol. The van der Waals surface area contributed by atoms with Crippen molar-refractivity contribution in [2.24, 2.45) is 0 Å². The monoisotopic (exact) mass is 346 g/mol. The number of nitrogens with one attached hydrogen (secondary N) is 2. The Hall–Kier alpha value is -3.44. The normalized spacial score (nSPS) is 10.2. The Bertz CT molecular complexity index is 906. The van der Waals surface area contributed by atoms with E-state index in [0.717, 1.165) is 16.7 Å². The number of hydroxylamine groups is 1. The molecule has 5 nitrogen and oxygen atoms in total. The van der Waals surface area contributed by atoms with Crippen molar-refractivity contribution in [1.29, 1.82) is 0 Å². The fraction of sp³-hybridized carbons (Fsp3) is 0.0476. The Morgan fingerprint density at radius 1 is 0.731 bits per heavy atom. The summed E-state index contributed by atoms with van der Waals surface area (Å²) in [6.45, 7) is 0.467. The van der Waals surface area contributed by atoms with Crippen molar-refractivity contribution in [3.05, 3.63) is 95.6 Å². The largest absolute Gasteiger partial charge is 0.348 e. The summed E-state index contributed by atoms with van der Waals surface area (Å²) in [7, 11) is 0. The summed E-state index contributed by atoms with van der Waals surface area (Å²) in [5.41, 5.74) is 5.30. The molecule has 5 heteroatoms. The minimum atomic E-state index is -0.564. The molecule has 3 N–H and O–H groups in total. The van der Waals surface area contributed by atoms with Crippen LogP contribution in [0.3, 0.4) is 0 Å². The van der Waals surface area contributed by atoms with Crippen LogP contribution in [0.25, 0.3) is 11.1 Å². The van der Waals surface area contributed by atoms with Gasteiger partial charge in [-0.3, -0.25) is 14.8 Å². The standard InChI is InChI=1S/C21H18N2O3/c24-20(22-14-15-5-2-1-3-6-15)19-8-4-7-18(13-19)16-9-11-17(12-10-16)21(25)23-26/h1-13,26H,14H2,(H,22,24)(H,23,25). The zero-order valence-electron chi connectivity index (χ0n) is 14.0. The molecule has 0 bridgehead atoms. The lowest BCUT2D eigenvalue weighted by atomic mass is 10.0. The summed E-state index contributed by atoms with van der Waals surface area (Å²) in [6.07, 6.45) is 0. The first-order chi connectivity index (χ1) is 12.7. The molecule has 0 aliphatic heterocycles. The molecule has 0 aliphatic carbocycles. The second-order valence-electron chi connectivity index (χ2n) is 5.77. The van der Waals surface area contributed by atoms with Gasteiger partial charge in [-0.15, -0.1) is 0 Å². The van der Waals surface area contributed by atoms with Gasteiger partial charge < -0.3 is 5.32 Å². The molecule has 0 spiro atoms. The second-order valence-corrected chi connectivity index (χ2v) is 5.77. The van der Waals surface area contributed by atoms with Gasteiger partial charge in [0, 0.05) is 17.7 Å². The molecule has 26 heavy (non-hydrogen) atoms. The molecule has 0 atom stereocenters. The van der Waals surface area contributed by atoms with Crippen molar-refractivity contribution < 1.29 is 14.8 Å². The van der Waals surface area contributed by atoms with Gasteiger partial charge >= 0.3 is 0 Å². The van der Waals surface area contributed by atoms with Gasteiger partial charge in [0.1, 0.15) is 0 Å². The topological polar surface area (TPSA) is 78.4 Å². The number of carbonyl (C=O) groups excluding carboxylic acids is 2. The summed E-state index contributed by atoms with van der Waals surface area (Å²) in [5, 5.41) is 11.6. The Labute approximate surface area is 151 Å². The summed E-state index contributed by atoms with van der Waals surface area (Å²) in [6, 6.07) is 23.8. The number of rotatable bonds is 5. The van der Waals surface area contributed by atoms with Crippen LogP contribution >= 0.6 is 0 Å². The summed E-state index contributed by atoms with van der Waals surface area (Å²) in [4.78, 5) is 23.8. The van der Waals surface area contributed by atoms with Crippen LogP contribution in [-0.2, 0) is 6.54 Å². The van der Waals surface area contributed by atoms with Crippen molar-refractivity contribution in [1.82, 2.24) is 10.8 Å². The third-order valence-corrected chi connectivity index (χ3v) is 4.00. The molecule has 0 aromatic heterocycles. The van der Waals surface area contributed by atoms with Crippen LogP contribution in [0.4, 0.5) is 0 Å². The predicted molar refractivity (Wildman–Crippen MR) is 98.7 cm³/mol. The lowest BCUT2D eigenvalue weighted by molar-refractivity contribution is 0.0706. The van der Waals surface area contributed by atoms with Gasteiger partial charge in [-0.05, 0) is 41.0 Å². The average molecular weight is 346 g/mol. The van der Waals surface area contributed by atoms with Crippen LogP contribution in [-0.4, -0.2) is 17.0 Å². The zero-order chi connectivity index (χ0) is 18.4. The molecule has 0 radical (unpaired) electrons. The Morgan fingerprint density at radius 2 is 1.46 bits per heavy atom. The van der Waals surface area contributed by atoms with Gasteiger partial charge in [-0.1, -0.05) is 54.6 Å². The summed E-state index contributed by atoms with van der Waals surface area (Å²) >= 11 is 0. The molecule has 3 rings (SSSR count). The maximum Gasteiger partial charge on any atom is 0.274 e. The number of hydrogen-bond acceptors (Lipinski definition) is 3. The Kier molecular flexibility index (Phi) is 5.41. The molecule has 2 amide bonds. The average Bonchev–Trinajstić information content (AvgIpc) is 2.72. The van der Waals surface area contributed by atoms with E-state index < -0.39 is 5.91 Å². The fourth-order valence-electron chi connectivity index (χ4n) is 2.60. The van der Waals surface area contributed by atoms with Gasteiger partial charge in [0.2, 0.25) is 0 Å². The quantitative estimate of drug-likeness (QED) is 0.489. The first-order valence-electron chi connectivity index (χ1n) is 8.14. The molecule has 0 fully saturated rings. The minimum Gasteiger partial charge on any atom is -0.348 e. The molecule has 3 aromatic rings. The molecule has 130 valence electrons. The van der Waals surface area contributed by atoms with Gasteiger partial charge in [-0.2, -0.15) is 0 Å².